The van der Waals surface area contributed by atoms with Crippen molar-refractivity contribution in [2.45, 2.75) is 76.8 Å². The molecule has 0 aliphatic heterocycles. The van der Waals surface area contributed by atoms with Crippen molar-refractivity contribution in [1.29, 1.82) is 0 Å². The zero-order valence-electron chi connectivity index (χ0n) is 12.1. The summed E-state index contributed by atoms with van der Waals surface area (Å²) in [5.74, 6) is 1.15. The van der Waals surface area contributed by atoms with Crippen molar-refractivity contribution in [1.82, 2.24) is 4.90 Å². The second-order valence-electron chi connectivity index (χ2n) is 6.30. The molecule has 3 nitrogen and oxygen atoms in total. The molecule has 0 saturated heterocycles. The molecule has 1 amide bonds. The first-order chi connectivity index (χ1) is 8.66. The van der Waals surface area contributed by atoms with Gasteiger partial charge in [0.05, 0.1) is 0 Å². The first-order valence-corrected chi connectivity index (χ1v) is 7.72. The SMILES string of the molecule is CC(N)CCC(=O)N(CC1CC1)C1CCCCC1.Cl. The van der Waals surface area contributed by atoms with Gasteiger partial charge >= 0.3 is 0 Å². The van der Waals surface area contributed by atoms with E-state index in [0.29, 0.717) is 18.4 Å². The Bertz CT molecular complexity index is 273. The molecule has 4 heteroatoms. The molecule has 0 aromatic rings. The van der Waals surface area contributed by atoms with E-state index in [4.69, 9.17) is 5.73 Å². The fraction of sp³-hybridized carbons (Fsp3) is 0.933. The molecule has 0 spiro atoms. The van der Waals surface area contributed by atoms with Crippen LogP contribution in [0.4, 0.5) is 0 Å². The van der Waals surface area contributed by atoms with Gasteiger partial charge in [0.15, 0.2) is 0 Å². The molecule has 19 heavy (non-hydrogen) atoms. The van der Waals surface area contributed by atoms with Crippen LogP contribution in [0.15, 0.2) is 0 Å². The second kappa shape index (κ2) is 8.11. The lowest BCUT2D eigenvalue weighted by Crippen LogP contribution is -2.43. The number of rotatable bonds is 6. The average molecular weight is 289 g/mol. The maximum Gasteiger partial charge on any atom is 0.222 e. The number of hydrogen-bond acceptors (Lipinski definition) is 2. The number of carbonyl (C=O) groups is 1. The smallest absolute Gasteiger partial charge is 0.222 e. The summed E-state index contributed by atoms with van der Waals surface area (Å²) in [4.78, 5) is 14.6. The van der Waals surface area contributed by atoms with Crippen LogP contribution < -0.4 is 5.73 Å². The van der Waals surface area contributed by atoms with Gasteiger partial charge < -0.3 is 10.6 Å². The van der Waals surface area contributed by atoms with Crippen molar-refractivity contribution in [3.05, 3.63) is 0 Å². The molecule has 1 atom stereocenters. The molecule has 0 heterocycles. The molecular weight excluding hydrogens is 260 g/mol. The number of halogens is 1. The Kier molecular flexibility index (Phi) is 7.16. The van der Waals surface area contributed by atoms with Crippen molar-refractivity contribution in [2.75, 3.05) is 6.54 Å². The number of hydrogen-bond donors (Lipinski definition) is 1. The fourth-order valence-corrected chi connectivity index (χ4v) is 2.92. The van der Waals surface area contributed by atoms with E-state index in [9.17, 15) is 4.79 Å². The van der Waals surface area contributed by atoms with Gasteiger partial charge in [0.25, 0.3) is 0 Å². The molecule has 0 radical (unpaired) electrons. The van der Waals surface area contributed by atoms with E-state index in [1.807, 2.05) is 6.92 Å². The number of nitrogens with two attached hydrogens (primary N) is 1. The van der Waals surface area contributed by atoms with Crippen LogP contribution in [0, 0.1) is 5.92 Å². The number of carbonyl (C=O) groups excluding carboxylic acids is 1. The van der Waals surface area contributed by atoms with E-state index in [1.165, 1.54) is 44.9 Å². The monoisotopic (exact) mass is 288 g/mol. The molecule has 2 N–H and O–H groups in total. The highest BCUT2D eigenvalue weighted by Crippen LogP contribution is 2.33. The van der Waals surface area contributed by atoms with E-state index >= 15 is 0 Å². The van der Waals surface area contributed by atoms with Gasteiger partial charge in [-0.3, -0.25) is 4.79 Å². The summed E-state index contributed by atoms with van der Waals surface area (Å²) in [5, 5.41) is 0. The van der Waals surface area contributed by atoms with Crippen LogP contribution in [0.25, 0.3) is 0 Å². The third-order valence-electron chi connectivity index (χ3n) is 4.30. The summed E-state index contributed by atoms with van der Waals surface area (Å²) >= 11 is 0. The van der Waals surface area contributed by atoms with Crippen molar-refractivity contribution in [3.63, 3.8) is 0 Å². The van der Waals surface area contributed by atoms with Gasteiger partial charge in [0, 0.05) is 25.0 Å². The largest absolute Gasteiger partial charge is 0.339 e. The van der Waals surface area contributed by atoms with Crippen molar-refractivity contribution in [2.24, 2.45) is 11.7 Å². The summed E-state index contributed by atoms with van der Waals surface area (Å²) in [5.41, 5.74) is 5.76. The van der Waals surface area contributed by atoms with Gasteiger partial charge in [-0.1, -0.05) is 19.3 Å². The predicted molar refractivity (Wildman–Crippen MR) is 81.4 cm³/mol. The van der Waals surface area contributed by atoms with Gasteiger partial charge in [-0.2, -0.15) is 0 Å². The lowest BCUT2D eigenvalue weighted by molar-refractivity contribution is -0.134. The normalized spacial score (nSPS) is 21.6. The first kappa shape index (κ1) is 16.8. The maximum absolute atomic E-state index is 12.4. The molecule has 2 rings (SSSR count). The Morgan fingerprint density at radius 2 is 1.84 bits per heavy atom. The Hall–Kier alpha value is -0.280. The first-order valence-electron chi connectivity index (χ1n) is 7.72. The molecule has 0 aromatic heterocycles. The zero-order valence-corrected chi connectivity index (χ0v) is 13.0. The standard InChI is InChI=1S/C15H28N2O.ClH/c1-12(16)7-10-15(18)17(11-13-8-9-13)14-5-3-2-4-6-14;/h12-14H,2-11,16H2,1H3;1H. The van der Waals surface area contributed by atoms with E-state index in [0.717, 1.165) is 18.9 Å². The fourth-order valence-electron chi connectivity index (χ4n) is 2.92. The van der Waals surface area contributed by atoms with Crippen LogP contribution >= 0.6 is 12.4 Å². The lowest BCUT2D eigenvalue weighted by Gasteiger charge is -2.35. The summed E-state index contributed by atoms with van der Waals surface area (Å²) in [6, 6.07) is 0.669. The lowest BCUT2D eigenvalue weighted by atomic mass is 9.93. The number of amides is 1. The molecule has 0 aromatic carbocycles. The molecule has 2 aliphatic carbocycles. The van der Waals surface area contributed by atoms with E-state index in [2.05, 4.69) is 4.90 Å². The summed E-state index contributed by atoms with van der Waals surface area (Å²) in [6.07, 6.45) is 10.5. The van der Waals surface area contributed by atoms with E-state index in [-0.39, 0.29) is 18.4 Å². The summed E-state index contributed by atoms with van der Waals surface area (Å²) in [6.45, 7) is 3.00. The van der Waals surface area contributed by atoms with Crippen LogP contribution in [-0.4, -0.2) is 29.4 Å². The third-order valence-corrected chi connectivity index (χ3v) is 4.30. The average Bonchev–Trinajstić information content (AvgIpc) is 3.18. The molecule has 2 aliphatic rings. The summed E-state index contributed by atoms with van der Waals surface area (Å²) in [7, 11) is 0. The van der Waals surface area contributed by atoms with Crippen LogP contribution in [0.1, 0.15) is 64.7 Å². The van der Waals surface area contributed by atoms with Gasteiger partial charge in [-0.05, 0) is 44.9 Å². The zero-order chi connectivity index (χ0) is 13.0. The topological polar surface area (TPSA) is 46.3 Å². The minimum Gasteiger partial charge on any atom is -0.339 e. The van der Waals surface area contributed by atoms with Crippen LogP contribution in [-0.2, 0) is 4.79 Å². The van der Waals surface area contributed by atoms with Gasteiger partial charge in [0.1, 0.15) is 0 Å². The second-order valence-corrected chi connectivity index (χ2v) is 6.30. The highest BCUT2D eigenvalue weighted by atomic mass is 35.5. The number of nitrogens with zero attached hydrogens (tertiary/aromatic N) is 1. The highest BCUT2D eigenvalue weighted by molar-refractivity contribution is 5.85. The third kappa shape index (κ3) is 5.70. The van der Waals surface area contributed by atoms with Gasteiger partial charge in [-0.15, -0.1) is 12.4 Å². The molecule has 2 saturated carbocycles. The van der Waals surface area contributed by atoms with Crippen molar-refractivity contribution >= 4 is 18.3 Å². The quantitative estimate of drug-likeness (QED) is 0.816. The van der Waals surface area contributed by atoms with Crippen LogP contribution in [0.5, 0.6) is 0 Å². The highest BCUT2D eigenvalue weighted by Gasteiger charge is 2.31. The predicted octanol–water partition coefficient (Wildman–Crippen LogP) is 3.11. The summed E-state index contributed by atoms with van der Waals surface area (Å²) < 4.78 is 0. The Labute approximate surface area is 123 Å². The Morgan fingerprint density at radius 1 is 1.21 bits per heavy atom. The minimum atomic E-state index is 0. The van der Waals surface area contributed by atoms with Crippen LogP contribution in [0.2, 0.25) is 0 Å². The van der Waals surface area contributed by atoms with Crippen molar-refractivity contribution < 1.29 is 4.79 Å². The van der Waals surface area contributed by atoms with Gasteiger partial charge in [0.2, 0.25) is 5.91 Å². The molecule has 0 bridgehead atoms. The molecule has 2 fully saturated rings. The van der Waals surface area contributed by atoms with Crippen molar-refractivity contribution in [3.8, 4) is 0 Å². The molecule has 1 unspecified atom stereocenters. The van der Waals surface area contributed by atoms with Crippen LogP contribution in [0.3, 0.4) is 0 Å². The van der Waals surface area contributed by atoms with E-state index in [1.54, 1.807) is 0 Å². The van der Waals surface area contributed by atoms with Gasteiger partial charge in [-0.25, -0.2) is 0 Å². The van der Waals surface area contributed by atoms with E-state index < -0.39 is 0 Å². The maximum atomic E-state index is 12.4. The Balaban J connectivity index is 0.00000180. The Morgan fingerprint density at radius 3 is 2.37 bits per heavy atom. The minimum absolute atomic E-state index is 0. The molecule has 112 valence electrons. The molecular formula is C15H29ClN2O.